The lowest BCUT2D eigenvalue weighted by atomic mass is 10.1. The van der Waals surface area contributed by atoms with E-state index in [1.165, 1.54) is 0 Å². The van der Waals surface area contributed by atoms with Gasteiger partial charge in [-0.3, -0.25) is 4.79 Å². The molecule has 0 saturated carbocycles. The highest BCUT2D eigenvalue weighted by Gasteiger charge is 2.08. The zero-order valence-corrected chi connectivity index (χ0v) is 12.3. The molecule has 0 saturated heterocycles. The van der Waals surface area contributed by atoms with Gasteiger partial charge in [-0.15, -0.1) is 0 Å². The monoisotopic (exact) mass is 302 g/mol. The number of para-hydroxylation sites is 1. The molecule has 4 nitrogen and oxygen atoms in total. The molecule has 0 spiro atoms. The van der Waals surface area contributed by atoms with E-state index in [1.807, 2.05) is 6.92 Å². The summed E-state index contributed by atoms with van der Waals surface area (Å²) >= 11 is 5.78. The zero-order chi connectivity index (χ0) is 15.2. The number of rotatable bonds is 4. The lowest BCUT2D eigenvalue weighted by molar-refractivity contribution is 0.0955. The smallest absolute Gasteiger partial charge is 0.271 e. The molecular formula is C16H15ClN2O2. The number of phenolic OH excluding ortho intramolecular Hbond substituents is 1. The van der Waals surface area contributed by atoms with E-state index in [2.05, 4.69) is 10.5 Å². The quantitative estimate of drug-likeness (QED) is 0.669. The predicted octanol–water partition coefficient (Wildman–Crippen LogP) is 3.59. The summed E-state index contributed by atoms with van der Waals surface area (Å²) in [6, 6.07) is 13.4. The number of carbonyl (C=O) groups is 1. The summed E-state index contributed by atoms with van der Waals surface area (Å²) in [5.74, 6) is -0.188. The van der Waals surface area contributed by atoms with E-state index < -0.39 is 0 Å². The van der Waals surface area contributed by atoms with Crippen LogP contribution in [0.15, 0.2) is 53.6 Å². The van der Waals surface area contributed by atoms with Gasteiger partial charge in [0, 0.05) is 16.1 Å². The number of hydrogen-bond donors (Lipinski definition) is 2. The number of nitrogens with zero attached hydrogens (tertiary/aromatic N) is 1. The molecule has 0 aliphatic heterocycles. The molecule has 2 aromatic rings. The molecule has 0 aromatic heterocycles. The van der Waals surface area contributed by atoms with Gasteiger partial charge >= 0.3 is 0 Å². The van der Waals surface area contributed by atoms with Gasteiger partial charge in [-0.1, -0.05) is 30.7 Å². The highest BCUT2D eigenvalue weighted by Crippen LogP contribution is 2.18. The molecule has 2 N–H and O–H groups in total. The Morgan fingerprint density at radius 1 is 1.19 bits per heavy atom. The van der Waals surface area contributed by atoms with Gasteiger partial charge in [0.25, 0.3) is 5.91 Å². The maximum absolute atomic E-state index is 12.0. The second-order valence-electron chi connectivity index (χ2n) is 4.38. The first-order valence-electron chi connectivity index (χ1n) is 6.52. The van der Waals surface area contributed by atoms with Gasteiger partial charge in [0.15, 0.2) is 0 Å². The van der Waals surface area contributed by atoms with Crippen molar-refractivity contribution in [1.29, 1.82) is 0 Å². The van der Waals surface area contributed by atoms with E-state index in [-0.39, 0.29) is 11.7 Å². The molecule has 2 rings (SSSR count). The number of hydrogen-bond acceptors (Lipinski definition) is 3. The molecule has 0 unspecified atom stereocenters. The van der Waals surface area contributed by atoms with Crippen molar-refractivity contribution in [2.45, 2.75) is 13.3 Å². The van der Waals surface area contributed by atoms with Gasteiger partial charge in [0.2, 0.25) is 0 Å². The SMILES string of the molecule is CCC(=NNC(=O)c1ccc(Cl)cc1)c1ccccc1O. The minimum atomic E-state index is -0.326. The lowest BCUT2D eigenvalue weighted by Gasteiger charge is -2.07. The average Bonchev–Trinajstić information content (AvgIpc) is 2.50. The van der Waals surface area contributed by atoms with Crippen molar-refractivity contribution in [3.05, 3.63) is 64.7 Å². The third kappa shape index (κ3) is 3.83. The highest BCUT2D eigenvalue weighted by molar-refractivity contribution is 6.30. The van der Waals surface area contributed by atoms with Crippen LogP contribution in [0.25, 0.3) is 0 Å². The van der Waals surface area contributed by atoms with Crippen LogP contribution in [0.5, 0.6) is 5.75 Å². The van der Waals surface area contributed by atoms with E-state index >= 15 is 0 Å². The Labute approximate surface area is 128 Å². The summed E-state index contributed by atoms with van der Waals surface area (Å²) in [4.78, 5) is 12.0. The lowest BCUT2D eigenvalue weighted by Crippen LogP contribution is -2.19. The first-order valence-corrected chi connectivity index (χ1v) is 6.90. The van der Waals surface area contributed by atoms with Crippen LogP contribution in [-0.2, 0) is 0 Å². The molecular weight excluding hydrogens is 288 g/mol. The molecule has 21 heavy (non-hydrogen) atoms. The van der Waals surface area contributed by atoms with Crippen molar-refractivity contribution in [3.8, 4) is 5.75 Å². The molecule has 0 atom stereocenters. The third-order valence-corrected chi connectivity index (χ3v) is 3.20. The van der Waals surface area contributed by atoms with E-state index in [4.69, 9.17) is 11.6 Å². The predicted molar refractivity (Wildman–Crippen MR) is 83.9 cm³/mol. The molecule has 1 amide bonds. The summed E-state index contributed by atoms with van der Waals surface area (Å²) in [5.41, 5.74) is 4.17. The highest BCUT2D eigenvalue weighted by atomic mass is 35.5. The number of phenols is 1. The molecule has 0 fully saturated rings. The number of amides is 1. The number of nitrogens with one attached hydrogen (secondary N) is 1. The minimum Gasteiger partial charge on any atom is -0.507 e. The largest absolute Gasteiger partial charge is 0.507 e. The third-order valence-electron chi connectivity index (χ3n) is 2.95. The standard InChI is InChI=1S/C16H15ClN2O2/c1-2-14(13-5-3-4-6-15(13)20)18-19-16(21)11-7-9-12(17)10-8-11/h3-10,20H,2H2,1H3,(H,19,21). The summed E-state index contributed by atoms with van der Waals surface area (Å²) in [7, 11) is 0. The Balaban J connectivity index is 2.16. The Bertz CT molecular complexity index is 666. The zero-order valence-electron chi connectivity index (χ0n) is 11.5. The van der Waals surface area contributed by atoms with Gasteiger partial charge in [-0.25, -0.2) is 5.43 Å². The van der Waals surface area contributed by atoms with Gasteiger partial charge in [-0.2, -0.15) is 5.10 Å². The summed E-state index contributed by atoms with van der Waals surface area (Å²) < 4.78 is 0. The Hall–Kier alpha value is -2.33. The summed E-state index contributed by atoms with van der Waals surface area (Å²) in [5, 5.41) is 14.5. The number of hydrazone groups is 1. The van der Waals surface area contributed by atoms with Gasteiger partial charge in [-0.05, 0) is 42.8 Å². The van der Waals surface area contributed by atoms with Crippen molar-refractivity contribution >= 4 is 23.2 Å². The van der Waals surface area contributed by atoms with Gasteiger partial charge in [0.1, 0.15) is 5.75 Å². The topological polar surface area (TPSA) is 61.7 Å². The average molecular weight is 303 g/mol. The van der Waals surface area contributed by atoms with Crippen molar-refractivity contribution in [2.24, 2.45) is 5.10 Å². The van der Waals surface area contributed by atoms with E-state index in [0.717, 1.165) is 0 Å². The van der Waals surface area contributed by atoms with Crippen LogP contribution in [0.1, 0.15) is 29.3 Å². The van der Waals surface area contributed by atoms with Crippen LogP contribution in [0.4, 0.5) is 0 Å². The van der Waals surface area contributed by atoms with E-state index in [0.29, 0.717) is 28.3 Å². The minimum absolute atomic E-state index is 0.138. The molecule has 0 radical (unpaired) electrons. The first-order chi connectivity index (χ1) is 10.1. The maximum Gasteiger partial charge on any atom is 0.271 e. The van der Waals surface area contributed by atoms with E-state index in [9.17, 15) is 9.90 Å². The van der Waals surface area contributed by atoms with Crippen molar-refractivity contribution in [1.82, 2.24) is 5.43 Å². The maximum atomic E-state index is 12.0. The summed E-state index contributed by atoms with van der Waals surface area (Å²) in [6.07, 6.45) is 0.582. The molecule has 108 valence electrons. The number of halogens is 1. The van der Waals surface area contributed by atoms with Crippen LogP contribution in [-0.4, -0.2) is 16.7 Å². The molecule has 5 heteroatoms. The van der Waals surface area contributed by atoms with Crippen LogP contribution in [0.3, 0.4) is 0 Å². The van der Waals surface area contributed by atoms with Gasteiger partial charge < -0.3 is 5.11 Å². The summed E-state index contributed by atoms with van der Waals surface area (Å²) in [6.45, 7) is 1.90. The second-order valence-corrected chi connectivity index (χ2v) is 4.81. The Kier molecular flexibility index (Phi) is 4.95. The molecule has 0 aliphatic carbocycles. The normalized spacial score (nSPS) is 11.2. The second kappa shape index (κ2) is 6.90. The Morgan fingerprint density at radius 3 is 2.48 bits per heavy atom. The first kappa shape index (κ1) is 15.1. The molecule has 0 aliphatic rings. The van der Waals surface area contributed by atoms with Crippen LogP contribution < -0.4 is 5.43 Å². The van der Waals surface area contributed by atoms with Crippen molar-refractivity contribution in [3.63, 3.8) is 0 Å². The number of benzene rings is 2. The molecule has 2 aromatic carbocycles. The number of aromatic hydroxyl groups is 1. The molecule has 0 bridgehead atoms. The Morgan fingerprint density at radius 2 is 1.86 bits per heavy atom. The fraction of sp³-hybridized carbons (Fsp3) is 0.125. The van der Waals surface area contributed by atoms with Crippen LogP contribution in [0.2, 0.25) is 5.02 Å². The number of carbonyl (C=O) groups excluding carboxylic acids is 1. The van der Waals surface area contributed by atoms with Crippen molar-refractivity contribution < 1.29 is 9.90 Å². The fourth-order valence-electron chi connectivity index (χ4n) is 1.83. The van der Waals surface area contributed by atoms with Crippen LogP contribution in [0, 0.1) is 0 Å². The van der Waals surface area contributed by atoms with E-state index in [1.54, 1.807) is 48.5 Å². The fourth-order valence-corrected chi connectivity index (χ4v) is 1.96. The molecule has 0 heterocycles. The van der Waals surface area contributed by atoms with Gasteiger partial charge in [0.05, 0.1) is 5.71 Å². The van der Waals surface area contributed by atoms with Crippen molar-refractivity contribution in [2.75, 3.05) is 0 Å². The van der Waals surface area contributed by atoms with Crippen LogP contribution >= 0.6 is 11.6 Å².